The van der Waals surface area contributed by atoms with Crippen molar-refractivity contribution >= 4 is 0 Å². The highest BCUT2D eigenvalue weighted by molar-refractivity contribution is 5.48. The van der Waals surface area contributed by atoms with Crippen molar-refractivity contribution in [3.05, 3.63) is 34.4 Å². The van der Waals surface area contributed by atoms with E-state index in [0.29, 0.717) is 23.7 Å². The molecule has 0 aliphatic rings. The summed E-state index contributed by atoms with van der Waals surface area (Å²) in [6.07, 6.45) is 4.92. The zero-order valence-electron chi connectivity index (χ0n) is 16.3. The van der Waals surface area contributed by atoms with Gasteiger partial charge in [0, 0.05) is 0 Å². The Labute approximate surface area is 139 Å². The Morgan fingerprint density at radius 1 is 0.545 bits per heavy atom. The van der Waals surface area contributed by atoms with Crippen molar-refractivity contribution < 1.29 is 0 Å². The summed E-state index contributed by atoms with van der Waals surface area (Å²) in [6.45, 7) is 18.9. The van der Waals surface area contributed by atoms with Crippen LogP contribution in [0.2, 0.25) is 0 Å². The largest absolute Gasteiger partial charge is 0.0648 e. The predicted molar refractivity (Wildman–Crippen MR) is 101 cm³/mol. The van der Waals surface area contributed by atoms with Gasteiger partial charge in [-0.3, -0.25) is 0 Å². The molecule has 0 N–H and O–H groups in total. The van der Waals surface area contributed by atoms with Crippen LogP contribution >= 0.6 is 0 Å². The molecule has 0 amide bonds. The Kier molecular flexibility index (Phi) is 7.66. The first-order valence-corrected chi connectivity index (χ1v) is 9.59. The molecule has 0 aliphatic heterocycles. The van der Waals surface area contributed by atoms with Gasteiger partial charge in [-0.05, 0) is 71.6 Å². The fourth-order valence-corrected chi connectivity index (χ4v) is 3.48. The van der Waals surface area contributed by atoms with E-state index in [4.69, 9.17) is 0 Å². The Bertz CT molecular complexity index is 414. The first-order chi connectivity index (χ1) is 10.4. The molecule has 1 aromatic carbocycles. The molecule has 0 aliphatic carbocycles. The van der Waals surface area contributed by atoms with Gasteiger partial charge in [-0.15, -0.1) is 0 Å². The molecule has 4 atom stereocenters. The summed E-state index contributed by atoms with van der Waals surface area (Å²) in [4.78, 5) is 0. The first-order valence-electron chi connectivity index (χ1n) is 9.59. The predicted octanol–water partition coefficient (Wildman–Crippen LogP) is 7.74. The van der Waals surface area contributed by atoms with Crippen molar-refractivity contribution in [3.8, 4) is 0 Å². The third-order valence-electron chi connectivity index (χ3n) is 5.85. The summed E-state index contributed by atoms with van der Waals surface area (Å²) in [6, 6.07) is 4.89. The Hall–Kier alpha value is -0.780. The van der Waals surface area contributed by atoms with Crippen molar-refractivity contribution in [2.45, 2.75) is 105 Å². The van der Waals surface area contributed by atoms with Gasteiger partial charge < -0.3 is 0 Å². The van der Waals surface area contributed by atoms with E-state index in [1.165, 1.54) is 25.7 Å². The van der Waals surface area contributed by atoms with E-state index in [2.05, 4.69) is 67.5 Å². The minimum Gasteiger partial charge on any atom is -0.0648 e. The van der Waals surface area contributed by atoms with E-state index >= 15 is 0 Å². The fourth-order valence-electron chi connectivity index (χ4n) is 3.48. The molecule has 0 nitrogen and oxygen atoms in total. The smallest absolute Gasteiger partial charge is 0.0187 e. The van der Waals surface area contributed by atoms with Crippen molar-refractivity contribution in [1.29, 1.82) is 0 Å². The summed E-state index contributed by atoms with van der Waals surface area (Å²) in [5, 5.41) is 0. The van der Waals surface area contributed by atoms with Crippen LogP contribution in [0.5, 0.6) is 0 Å². The zero-order valence-corrected chi connectivity index (χ0v) is 16.3. The van der Waals surface area contributed by atoms with Gasteiger partial charge in [0.05, 0.1) is 0 Å². The minimum atomic E-state index is 0.664. The quantitative estimate of drug-likeness (QED) is 0.460. The lowest BCUT2D eigenvalue weighted by molar-refractivity contribution is 0.623. The van der Waals surface area contributed by atoms with Crippen LogP contribution in [0.15, 0.2) is 12.1 Å². The molecule has 0 spiro atoms. The molecule has 1 aromatic rings. The average molecular weight is 303 g/mol. The normalized spacial score (nSPS) is 17.1. The Morgan fingerprint density at radius 3 is 1.05 bits per heavy atom. The van der Waals surface area contributed by atoms with E-state index in [9.17, 15) is 0 Å². The van der Waals surface area contributed by atoms with Gasteiger partial charge in [0.1, 0.15) is 0 Å². The maximum absolute atomic E-state index is 2.45. The van der Waals surface area contributed by atoms with Gasteiger partial charge in [-0.2, -0.15) is 0 Å². The molecule has 0 bridgehead atoms. The van der Waals surface area contributed by atoms with E-state index in [-0.39, 0.29) is 0 Å². The highest BCUT2D eigenvalue weighted by atomic mass is 14.3. The zero-order chi connectivity index (χ0) is 16.9. The minimum absolute atomic E-state index is 0.664. The van der Waals surface area contributed by atoms with Gasteiger partial charge in [-0.1, -0.05) is 67.5 Å². The lowest BCUT2D eigenvalue weighted by Gasteiger charge is -2.30. The third-order valence-corrected chi connectivity index (χ3v) is 5.85. The van der Waals surface area contributed by atoms with Crippen LogP contribution in [-0.4, -0.2) is 0 Å². The highest BCUT2D eigenvalue weighted by Crippen LogP contribution is 2.41. The molecule has 0 fully saturated rings. The van der Waals surface area contributed by atoms with Crippen LogP contribution < -0.4 is 0 Å². The fraction of sp³-hybridized carbons (Fsp3) is 0.727. The lowest BCUT2D eigenvalue weighted by Crippen LogP contribution is -2.13. The van der Waals surface area contributed by atoms with Crippen molar-refractivity contribution in [1.82, 2.24) is 0 Å². The number of benzene rings is 1. The van der Waals surface area contributed by atoms with Crippen molar-refractivity contribution in [3.63, 3.8) is 0 Å². The van der Waals surface area contributed by atoms with Crippen LogP contribution in [0.4, 0.5) is 0 Å². The molecule has 126 valence electrons. The van der Waals surface area contributed by atoms with E-state index < -0.39 is 0 Å². The molecule has 4 unspecified atom stereocenters. The summed E-state index contributed by atoms with van der Waals surface area (Å²) in [7, 11) is 0. The lowest BCUT2D eigenvalue weighted by atomic mass is 9.75. The van der Waals surface area contributed by atoms with Gasteiger partial charge >= 0.3 is 0 Å². The number of hydrogen-bond acceptors (Lipinski definition) is 0. The molecule has 0 saturated carbocycles. The average Bonchev–Trinajstić information content (AvgIpc) is 2.57. The van der Waals surface area contributed by atoms with Crippen molar-refractivity contribution in [2.75, 3.05) is 0 Å². The summed E-state index contributed by atoms with van der Waals surface area (Å²) in [5.41, 5.74) is 6.59. The van der Waals surface area contributed by atoms with Gasteiger partial charge in [0.2, 0.25) is 0 Å². The van der Waals surface area contributed by atoms with Gasteiger partial charge in [-0.25, -0.2) is 0 Å². The molecule has 0 aromatic heterocycles. The summed E-state index contributed by atoms with van der Waals surface area (Å²) >= 11 is 0. The number of rotatable bonds is 8. The molecule has 0 heteroatoms. The SMILES string of the molecule is CCC(C)c1ccc(C(C)CC)c(C(C)CC)c1C(C)CC. The first kappa shape index (κ1) is 19.3. The maximum atomic E-state index is 2.45. The molecular weight excluding hydrogens is 264 g/mol. The molecular formula is C22H38. The van der Waals surface area contributed by atoms with Crippen LogP contribution in [0.25, 0.3) is 0 Å². The van der Waals surface area contributed by atoms with Gasteiger partial charge in [0.15, 0.2) is 0 Å². The highest BCUT2D eigenvalue weighted by Gasteiger charge is 2.24. The van der Waals surface area contributed by atoms with E-state index in [0.717, 1.165) is 0 Å². The second kappa shape index (κ2) is 8.75. The standard InChI is InChI=1S/C22H38/c1-9-15(5)19-13-14-20(16(6)10-2)22(18(8)12-4)21(19)17(7)11-3/h13-18H,9-12H2,1-8H3. The second-order valence-electron chi connectivity index (χ2n) is 7.31. The molecule has 0 saturated heterocycles. The van der Waals surface area contributed by atoms with Crippen molar-refractivity contribution in [2.24, 2.45) is 0 Å². The Morgan fingerprint density at radius 2 is 0.818 bits per heavy atom. The molecule has 1 rings (SSSR count). The summed E-state index contributed by atoms with van der Waals surface area (Å²) < 4.78 is 0. The van der Waals surface area contributed by atoms with Crippen LogP contribution in [0, 0.1) is 0 Å². The molecule has 22 heavy (non-hydrogen) atoms. The molecule has 0 radical (unpaired) electrons. The van der Waals surface area contributed by atoms with Crippen LogP contribution in [-0.2, 0) is 0 Å². The third kappa shape index (κ3) is 3.94. The maximum Gasteiger partial charge on any atom is -0.0187 e. The number of hydrogen-bond donors (Lipinski definition) is 0. The van der Waals surface area contributed by atoms with Gasteiger partial charge in [0.25, 0.3) is 0 Å². The summed E-state index contributed by atoms with van der Waals surface area (Å²) in [5.74, 6) is 2.66. The topological polar surface area (TPSA) is 0 Å². The van der Waals surface area contributed by atoms with Crippen LogP contribution in [0.1, 0.15) is 127 Å². The van der Waals surface area contributed by atoms with E-state index in [1.807, 2.05) is 0 Å². The monoisotopic (exact) mass is 302 g/mol. The Balaban J connectivity index is 3.65. The van der Waals surface area contributed by atoms with E-state index in [1.54, 1.807) is 22.3 Å². The van der Waals surface area contributed by atoms with Crippen LogP contribution in [0.3, 0.4) is 0 Å². The second-order valence-corrected chi connectivity index (χ2v) is 7.31. The molecule has 0 heterocycles.